The van der Waals surface area contributed by atoms with Crippen LogP contribution in [0.15, 0.2) is 11.6 Å². The summed E-state index contributed by atoms with van der Waals surface area (Å²) in [6.07, 6.45) is 8.06. The summed E-state index contributed by atoms with van der Waals surface area (Å²) in [6, 6.07) is 0. The molecule has 0 saturated carbocycles. The van der Waals surface area contributed by atoms with Crippen LogP contribution < -0.4 is 0 Å². The summed E-state index contributed by atoms with van der Waals surface area (Å²) in [5, 5.41) is 8.79. The third kappa shape index (κ3) is 5.31. The first-order chi connectivity index (χ1) is 7.63. The van der Waals surface area contributed by atoms with Crippen LogP contribution in [0.25, 0.3) is 0 Å². The number of carboxylic acids is 1. The van der Waals surface area contributed by atoms with Crippen LogP contribution in [0.2, 0.25) is 0 Å². The number of aliphatic carboxylic acids is 1. The lowest BCUT2D eigenvalue weighted by Gasteiger charge is -2.10. The van der Waals surface area contributed by atoms with E-state index in [1.54, 1.807) is 6.92 Å². The van der Waals surface area contributed by atoms with Crippen molar-refractivity contribution in [1.29, 1.82) is 0 Å². The van der Waals surface area contributed by atoms with Gasteiger partial charge in [0.2, 0.25) is 0 Å². The maximum Gasteiger partial charge on any atom is 0.330 e. The molecule has 0 bridgehead atoms. The molecule has 16 heavy (non-hydrogen) atoms. The fourth-order valence-corrected chi connectivity index (χ4v) is 1.84. The predicted octanol–water partition coefficient (Wildman–Crippen LogP) is 3.00. The number of rotatable bonds is 8. The maximum absolute atomic E-state index is 10.7. The van der Waals surface area contributed by atoms with Crippen molar-refractivity contribution in [1.82, 2.24) is 0 Å². The molecule has 92 valence electrons. The van der Waals surface area contributed by atoms with Crippen molar-refractivity contribution in [3.05, 3.63) is 11.6 Å². The lowest BCUT2D eigenvalue weighted by atomic mass is 9.96. The Morgan fingerprint density at radius 2 is 2.25 bits per heavy atom. The van der Waals surface area contributed by atoms with Crippen molar-refractivity contribution in [2.75, 3.05) is 6.61 Å². The second kappa shape index (κ2) is 6.69. The van der Waals surface area contributed by atoms with Crippen molar-refractivity contribution in [2.24, 2.45) is 5.92 Å². The molecule has 1 saturated heterocycles. The van der Waals surface area contributed by atoms with Crippen LogP contribution in [0.5, 0.6) is 0 Å². The molecule has 1 aliphatic rings. The van der Waals surface area contributed by atoms with E-state index >= 15 is 0 Å². The number of unbranched alkanes of at least 4 members (excludes halogenated alkanes) is 1. The summed E-state index contributed by atoms with van der Waals surface area (Å²) in [4.78, 5) is 10.7. The highest BCUT2D eigenvalue weighted by Gasteiger charge is 2.21. The zero-order valence-electron chi connectivity index (χ0n) is 10.2. The Morgan fingerprint density at radius 1 is 1.56 bits per heavy atom. The van der Waals surface area contributed by atoms with Gasteiger partial charge in [-0.1, -0.05) is 25.8 Å². The highest BCUT2D eigenvalue weighted by molar-refractivity contribution is 5.85. The maximum atomic E-state index is 10.7. The van der Waals surface area contributed by atoms with Crippen LogP contribution in [-0.4, -0.2) is 23.8 Å². The first-order valence-electron chi connectivity index (χ1n) is 6.16. The van der Waals surface area contributed by atoms with Gasteiger partial charge >= 0.3 is 5.97 Å². The van der Waals surface area contributed by atoms with Crippen LogP contribution in [0.3, 0.4) is 0 Å². The topological polar surface area (TPSA) is 49.8 Å². The van der Waals surface area contributed by atoms with Gasteiger partial charge in [0, 0.05) is 5.57 Å². The minimum atomic E-state index is -0.801. The van der Waals surface area contributed by atoms with E-state index in [0.717, 1.165) is 25.9 Å². The predicted molar refractivity (Wildman–Crippen MR) is 63.4 cm³/mol. The van der Waals surface area contributed by atoms with E-state index < -0.39 is 5.97 Å². The summed E-state index contributed by atoms with van der Waals surface area (Å²) < 4.78 is 5.15. The molecule has 0 spiro atoms. The normalized spacial score (nSPS) is 21.9. The molecule has 0 aromatic carbocycles. The zero-order valence-corrected chi connectivity index (χ0v) is 10.2. The van der Waals surface area contributed by atoms with Gasteiger partial charge in [-0.3, -0.25) is 0 Å². The Bertz CT molecular complexity index is 254. The molecule has 2 atom stereocenters. The number of hydrogen-bond donors (Lipinski definition) is 1. The van der Waals surface area contributed by atoms with Crippen LogP contribution in [0.1, 0.15) is 46.0 Å². The van der Waals surface area contributed by atoms with Crippen LogP contribution >= 0.6 is 0 Å². The smallest absolute Gasteiger partial charge is 0.330 e. The van der Waals surface area contributed by atoms with Gasteiger partial charge in [0.15, 0.2) is 0 Å². The molecule has 0 aromatic heterocycles. The van der Waals surface area contributed by atoms with Crippen molar-refractivity contribution in [2.45, 2.75) is 52.1 Å². The van der Waals surface area contributed by atoms with Gasteiger partial charge < -0.3 is 9.84 Å². The highest BCUT2D eigenvalue weighted by Crippen LogP contribution is 2.21. The van der Waals surface area contributed by atoms with E-state index in [1.165, 1.54) is 12.8 Å². The van der Waals surface area contributed by atoms with Crippen molar-refractivity contribution >= 4 is 5.97 Å². The minimum Gasteiger partial charge on any atom is -0.478 e. The van der Waals surface area contributed by atoms with E-state index in [2.05, 4.69) is 6.92 Å². The molecule has 1 N–H and O–H groups in total. The van der Waals surface area contributed by atoms with Crippen LogP contribution in [0.4, 0.5) is 0 Å². The van der Waals surface area contributed by atoms with E-state index in [9.17, 15) is 4.79 Å². The van der Waals surface area contributed by atoms with Gasteiger partial charge in [-0.2, -0.15) is 0 Å². The zero-order chi connectivity index (χ0) is 12.0. The fourth-order valence-electron chi connectivity index (χ4n) is 1.84. The Hall–Kier alpha value is -0.830. The summed E-state index contributed by atoms with van der Waals surface area (Å²) in [5.74, 6) is -0.388. The minimum absolute atomic E-state index is 0.413. The SMILES string of the molecule is CCC(C=C(C)C(=O)O)CCCCC1CO1. The monoisotopic (exact) mass is 226 g/mol. The summed E-state index contributed by atoms with van der Waals surface area (Å²) in [7, 11) is 0. The molecule has 0 aliphatic carbocycles. The molecular weight excluding hydrogens is 204 g/mol. The summed E-state index contributed by atoms with van der Waals surface area (Å²) in [6.45, 7) is 4.72. The van der Waals surface area contributed by atoms with Gasteiger partial charge in [0.25, 0.3) is 0 Å². The highest BCUT2D eigenvalue weighted by atomic mass is 16.6. The Morgan fingerprint density at radius 3 is 2.75 bits per heavy atom. The fraction of sp³-hybridized carbons (Fsp3) is 0.769. The van der Waals surface area contributed by atoms with E-state index in [1.807, 2.05) is 6.08 Å². The second-order valence-electron chi connectivity index (χ2n) is 4.56. The third-order valence-electron chi connectivity index (χ3n) is 3.10. The molecular formula is C13H22O3. The van der Waals surface area contributed by atoms with E-state index in [0.29, 0.717) is 17.6 Å². The molecule has 3 heteroatoms. The van der Waals surface area contributed by atoms with Crippen LogP contribution in [0, 0.1) is 5.92 Å². The molecule has 1 heterocycles. The van der Waals surface area contributed by atoms with Gasteiger partial charge in [-0.05, 0) is 32.1 Å². The lowest BCUT2D eigenvalue weighted by Crippen LogP contribution is -2.02. The number of allylic oxidation sites excluding steroid dienone is 1. The average molecular weight is 226 g/mol. The molecule has 3 nitrogen and oxygen atoms in total. The van der Waals surface area contributed by atoms with Gasteiger partial charge in [-0.15, -0.1) is 0 Å². The Balaban J connectivity index is 2.19. The standard InChI is InChI=1S/C13H22O3/c1-3-11(8-10(2)13(14)15)6-4-5-7-12-9-16-12/h8,11-12H,3-7,9H2,1-2H3,(H,14,15). The quantitative estimate of drug-likeness (QED) is 0.393. The van der Waals surface area contributed by atoms with Crippen molar-refractivity contribution in [3.63, 3.8) is 0 Å². The molecule has 2 unspecified atom stereocenters. The summed E-state index contributed by atoms with van der Waals surface area (Å²) in [5.41, 5.74) is 0.470. The van der Waals surface area contributed by atoms with Crippen molar-refractivity contribution < 1.29 is 14.6 Å². The molecule has 0 amide bonds. The Kier molecular flexibility index (Phi) is 5.53. The molecule has 0 radical (unpaired) electrons. The van der Waals surface area contributed by atoms with Gasteiger partial charge in [0.05, 0.1) is 12.7 Å². The summed E-state index contributed by atoms with van der Waals surface area (Å²) >= 11 is 0. The van der Waals surface area contributed by atoms with E-state index in [-0.39, 0.29) is 0 Å². The second-order valence-corrected chi connectivity index (χ2v) is 4.56. The number of carbonyl (C=O) groups is 1. The average Bonchev–Trinajstić information content (AvgIpc) is 3.05. The van der Waals surface area contributed by atoms with Crippen molar-refractivity contribution in [3.8, 4) is 0 Å². The largest absolute Gasteiger partial charge is 0.478 e. The number of carboxylic acid groups (broad SMARTS) is 1. The van der Waals surface area contributed by atoms with E-state index in [4.69, 9.17) is 9.84 Å². The van der Waals surface area contributed by atoms with Gasteiger partial charge in [0.1, 0.15) is 0 Å². The third-order valence-corrected chi connectivity index (χ3v) is 3.10. The molecule has 0 aromatic rings. The first kappa shape index (κ1) is 13.2. The lowest BCUT2D eigenvalue weighted by molar-refractivity contribution is -0.132. The van der Waals surface area contributed by atoms with Crippen LogP contribution in [-0.2, 0) is 9.53 Å². The number of epoxide rings is 1. The number of ether oxygens (including phenoxy) is 1. The number of hydrogen-bond acceptors (Lipinski definition) is 2. The van der Waals surface area contributed by atoms with Gasteiger partial charge in [-0.25, -0.2) is 4.79 Å². The Labute approximate surface area is 97.5 Å². The first-order valence-corrected chi connectivity index (χ1v) is 6.16. The molecule has 1 fully saturated rings. The molecule has 1 rings (SSSR count). The molecule has 1 aliphatic heterocycles.